The van der Waals surface area contributed by atoms with E-state index in [2.05, 4.69) is 10.6 Å². The number of carbonyl (C=O) groups excluding carboxylic acids is 2. The van der Waals surface area contributed by atoms with E-state index in [4.69, 9.17) is 4.74 Å². The molecule has 1 aliphatic heterocycles. The topological polar surface area (TPSA) is 67.4 Å². The lowest BCUT2D eigenvalue weighted by atomic mass is 9.81. The summed E-state index contributed by atoms with van der Waals surface area (Å²) < 4.78 is 5.14. The summed E-state index contributed by atoms with van der Waals surface area (Å²) in [5, 5.41) is 6.22. The number of fused-ring (bicyclic) bond motifs is 1. The number of hydrogen-bond donors (Lipinski definition) is 2. The van der Waals surface area contributed by atoms with Crippen molar-refractivity contribution >= 4 is 17.6 Å². The van der Waals surface area contributed by atoms with Gasteiger partial charge in [0.2, 0.25) is 5.91 Å². The van der Waals surface area contributed by atoms with Crippen LogP contribution in [0, 0.1) is 12.8 Å². The van der Waals surface area contributed by atoms with Crippen LogP contribution in [-0.2, 0) is 20.7 Å². The predicted octanol–water partition coefficient (Wildman–Crippen LogP) is 2.57. The Labute approximate surface area is 143 Å². The summed E-state index contributed by atoms with van der Waals surface area (Å²) in [5.74, 6) is 0.0862. The highest BCUT2D eigenvalue weighted by atomic mass is 16.5. The molecule has 1 heterocycles. The van der Waals surface area contributed by atoms with Crippen LogP contribution in [0.5, 0.6) is 0 Å². The highest BCUT2D eigenvalue weighted by molar-refractivity contribution is 5.91. The lowest BCUT2D eigenvalue weighted by Gasteiger charge is -2.29. The Kier molecular flexibility index (Phi) is 5.07. The van der Waals surface area contributed by atoms with Crippen molar-refractivity contribution in [1.82, 2.24) is 5.32 Å². The molecule has 0 bridgehead atoms. The standard InChI is InChI=1S/C19H26N2O3/c1-3-24-19(23)16(10-13-7-5-8-13)21-18(22)15-11-14-9-4-6-12(2)17(14)20-15/h4,6,9,13,15-16,20H,3,5,7-8,10-11H2,1-2H3,(H,21,22). The van der Waals surface area contributed by atoms with Crippen LogP contribution in [-0.4, -0.2) is 30.6 Å². The monoisotopic (exact) mass is 330 g/mol. The number of aryl methyl sites for hydroxylation is 1. The van der Waals surface area contributed by atoms with Gasteiger partial charge in [-0.05, 0) is 37.3 Å². The van der Waals surface area contributed by atoms with Gasteiger partial charge in [0.05, 0.1) is 6.61 Å². The average molecular weight is 330 g/mol. The van der Waals surface area contributed by atoms with Crippen molar-refractivity contribution in [2.45, 2.75) is 58.0 Å². The summed E-state index contributed by atoms with van der Waals surface area (Å²) in [5.41, 5.74) is 3.34. The number of rotatable bonds is 6. The maximum atomic E-state index is 12.7. The minimum Gasteiger partial charge on any atom is -0.464 e. The lowest BCUT2D eigenvalue weighted by molar-refractivity contribution is -0.148. The Balaban J connectivity index is 1.63. The Morgan fingerprint density at radius 3 is 2.79 bits per heavy atom. The van der Waals surface area contributed by atoms with Crippen LogP contribution >= 0.6 is 0 Å². The zero-order valence-electron chi connectivity index (χ0n) is 14.4. The number of hydrogen-bond acceptors (Lipinski definition) is 4. The van der Waals surface area contributed by atoms with Gasteiger partial charge in [-0.25, -0.2) is 4.79 Å². The molecule has 0 radical (unpaired) electrons. The molecular weight excluding hydrogens is 304 g/mol. The van der Waals surface area contributed by atoms with Gasteiger partial charge in [-0.1, -0.05) is 37.5 Å². The first-order valence-corrected chi connectivity index (χ1v) is 8.90. The van der Waals surface area contributed by atoms with Crippen molar-refractivity contribution in [3.8, 4) is 0 Å². The summed E-state index contributed by atoms with van der Waals surface area (Å²) in [6.07, 6.45) is 4.83. The summed E-state index contributed by atoms with van der Waals surface area (Å²) in [7, 11) is 0. The minimum atomic E-state index is -0.533. The normalized spacial score (nSPS) is 20.5. The maximum Gasteiger partial charge on any atom is 0.328 e. The fourth-order valence-electron chi connectivity index (χ4n) is 3.50. The molecule has 5 heteroatoms. The first kappa shape index (κ1) is 16.8. The van der Waals surface area contributed by atoms with Crippen molar-refractivity contribution < 1.29 is 14.3 Å². The first-order valence-electron chi connectivity index (χ1n) is 8.90. The second kappa shape index (κ2) is 7.24. The van der Waals surface area contributed by atoms with Gasteiger partial charge in [-0.3, -0.25) is 4.79 Å². The lowest BCUT2D eigenvalue weighted by Crippen LogP contribution is -2.49. The SMILES string of the molecule is CCOC(=O)C(CC1CCC1)NC(=O)C1Cc2cccc(C)c2N1. The number of anilines is 1. The van der Waals surface area contributed by atoms with Crippen molar-refractivity contribution in [3.05, 3.63) is 29.3 Å². The summed E-state index contributed by atoms with van der Waals surface area (Å²) >= 11 is 0. The number of benzene rings is 1. The number of ether oxygens (including phenoxy) is 1. The molecule has 0 aromatic heterocycles. The fourth-order valence-corrected chi connectivity index (χ4v) is 3.50. The Bertz CT molecular complexity index is 625. The van der Waals surface area contributed by atoms with E-state index in [1.165, 1.54) is 6.42 Å². The van der Waals surface area contributed by atoms with Gasteiger partial charge in [0.15, 0.2) is 0 Å². The van der Waals surface area contributed by atoms with Crippen LogP contribution < -0.4 is 10.6 Å². The number of para-hydroxylation sites is 1. The van der Waals surface area contributed by atoms with Gasteiger partial charge in [0.25, 0.3) is 0 Å². The van der Waals surface area contributed by atoms with E-state index in [0.29, 0.717) is 25.4 Å². The van der Waals surface area contributed by atoms with Crippen LogP contribution in [0.3, 0.4) is 0 Å². The van der Waals surface area contributed by atoms with Gasteiger partial charge in [-0.15, -0.1) is 0 Å². The maximum absolute atomic E-state index is 12.7. The number of nitrogens with one attached hydrogen (secondary N) is 2. The molecule has 2 N–H and O–H groups in total. The highest BCUT2D eigenvalue weighted by Crippen LogP contribution is 2.31. The molecule has 0 saturated heterocycles. The fraction of sp³-hybridized carbons (Fsp3) is 0.579. The molecule has 1 aromatic rings. The van der Waals surface area contributed by atoms with Gasteiger partial charge >= 0.3 is 5.97 Å². The Morgan fingerprint density at radius 2 is 2.17 bits per heavy atom. The van der Waals surface area contributed by atoms with E-state index in [-0.39, 0.29) is 17.9 Å². The molecule has 2 aliphatic rings. The van der Waals surface area contributed by atoms with Gasteiger partial charge < -0.3 is 15.4 Å². The van der Waals surface area contributed by atoms with Crippen LogP contribution in [0.4, 0.5) is 5.69 Å². The second-order valence-corrected chi connectivity index (χ2v) is 6.86. The van der Waals surface area contributed by atoms with E-state index in [9.17, 15) is 9.59 Å². The van der Waals surface area contributed by atoms with Gasteiger partial charge in [0.1, 0.15) is 12.1 Å². The van der Waals surface area contributed by atoms with E-state index >= 15 is 0 Å². The Morgan fingerprint density at radius 1 is 1.38 bits per heavy atom. The highest BCUT2D eigenvalue weighted by Gasteiger charge is 2.33. The van der Waals surface area contributed by atoms with E-state index < -0.39 is 6.04 Å². The molecule has 3 rings (SSSR count). The predicted molar refractivity (Wildman–Crippen MR) is 92.8 cm³/mol. The molecule has 1 fully saturated rings. The van der Waals surface area contributed by atoms with Crippen molar-refractivity contribution in [3.63, 3.8) is 0 Å². The molecule has 0 spiro atoms. The second-order valence-electron chi connectivity index (χ2n) is 6.86. The molecule has 2 atom stereocenters. The molecule has 1 saturated carbocycles. The quantitative estimate of drug-likeness (QED) is 0.787. The van der Waals surface area contributed by atoms with Gasteiger partial charge in [-0.2, -0.15) is 0 Å². The summed E-state index contributed by atoms with van der Waals surface area (Å²) in [4.78, 5) is 24.8. The molecule has 1 aromatic carbocycles. The molecule has 1 aliphatic carbocycles. The number of carbonyl (C=O) groups is 2. The van der Waals surface area contributed by atoms with Crippen LogP contribution in [0.1, 0.15) is 43.7 Å². The van der Waals surface area contributed by atoms with Crippen molar-refractivity contribution in [2.24, 2.45) is 5.92 Å². The zero-order valence-corrected chi connectivity index (χ0v) is 14.4. The Hall–Kier alpha value is -2.04. The van der Waals surface area contributed by atoms with Crippen LogP contribution in [0.15, 0.2) is 18.2 Å². The van der Waals surface area contributed by atoms with Crippen LogP contribution in [0.25, 0.3) is 0 Å². The van der Waals surface area contributed by atoms with E-state index in [0.717, 1.165) is 29.7 Å². The third kappa shape index (κ3) is 3.55. The zero-order chi connectivity index (χ0) is 17.1. The third-order valence-electron chi connectivity index (χ3n) is 5.10. The summed E-state index contributed by atoms with van der Waals surface area (Å²) in [6.45, 7) is 4.16. The minimum absolute atomic E-state index is 0.122. The van der Waals surface area contributed by atoms with E-state index in [1.807, 2.05) is 25.1 Å². The molecule has 130 valence electrons. The number of amides is 1. The molecule has 5 nitrogen and oxygen atoms in total. The first-order chi connectivity index (χ1) is 11.6. The number of esters is 1. The summed E-state index contributed by atoms with van der Waals surface area (Å²) in [6, 6.07) is 5.23. The molecule has 1 amide bonds. The molecule has 2 unspecified atom stereocenters. The van der Waals surface area contributed by atoms with Crippen LogP contribution in [0.2, 0.25) is 0 Å². The van der Waals surface area contributed by atoms with Crippen molar-refractivity contribution in [1.29, 1.82) is 0 Å². The smallest absolute Gasteiger partial charge is 0.328 e. The van der Waals surface area contributed by atoms with E-state index in [1.54, 1.807) is 6.92 Å². The van der Waals surface area contributed by atoms with Gasteiger partial charge in [0, 0.05) is 12.1 Å². The third-order valence-corrected chi connectivity index (χ3v) is 5.10. The molecular formula is C19H26N2O3. The average Bonchev–Trinajstić information content (AvgIpc) is 2.95. The van der Waals surface area contributed by atoms with Crippen molar-refractivity contribution in [2.75, 3.05) is 11.9 Å². The largest absolute Gasteiger partial charge is 0.464 e. The molecule has 24 heavy (non-hydrogen) atoms.